The average Bonchev–Trinajstić information content (AvgIpc) is 2.32. The fourth-order valence-electron chi connectivity index (χ4n) is 0.589. The predicted molar refractivity (Wildman–Crippen MR) is 34.7 cm³/mol. The predicted octanol–water partition coefficient (Wildman–Crippen LogP) is 1.18. The molecule has 1 aromatic rings. The molecule has 8 heteroatoms. The van der Waals surface area contributed by atoms with Crippen LogP contribution in [0.4, 0.5) is 23.8 Å². The van der Waals surface area contributed by atoms with Crippen molar-refractivity contribution in [2.24, 2.45) is 5.73 Å². The van der Waals surface area contributed by atoms with Crippen molar-refractivity contribution in [1.82, 2.24) is 5.16 Å². The van der Waals surface area contributed by atoms with Gasteiger partial charge in [-0.15, -0.1) is 0 Å². The molecule has 3 N–H and O–H groups in total. The van der Waals surface area contributed by atoms with Crippen LogP contribution in [-0.2, 0) is 6.18 Å². The number of carbonyl (C=O) groups is 1. The Morgan fingerprint density at radius 1 is 1.62 bits per heavy atom. The molecule has 0 saturated carbocycles. The molecule has 2 amide bonds. The number of primary amides is 1. The lowest BCUT2D eigenvalue weighted by Gasteiger charge is -1.97. The van der Waals surface area contributed by atoms with Gasteiger partial charge in [0.25, 0.3) is 0 Å². The number of hydrogen-bond acceptors (Lipinski definition) is 3. The summed E-state index contributed by atoms with van der Waals surface area (Å²) in [4.78, 5) is 10.2. The number of urea groups is 1. The first-order chi connectivity index (χ1) is 5.89. The highest BCUT2D eigenvalue weighted by Crippen LogP contribution is 2.29. The van der Waals surface area contributed by atoms with Gasteiger partial charge in [-0.2, -0.15) is 13.2 Å². The average molecular weight is 195 g/mol. The van der Waals surface area contributed by atoms with Gasteiger partial charge in [0, 0.05) is 6.07 Å². The van der Waals surface area contributed by atoms with Gasteiger partial charge in [-0.1, -0.05) is 5.16 Å². The second kappa shape index (κ2) is 2.96. The number of carbonyl (C=O) groups excluding carboxylic acids is 1. The highest BCUT2D eigenvalue weighted by atomic mass is 19.4. The van der Waals surface area contributed by atoms with E-state index in [0.717, 1.165) is 0 Å². The van der Waals surface area contributed by atoms with Gasteiger partial charge in [0.1, 0.15) is 0 Å². The minimum absolute atomic E-state index is 0.445. The third kappa shape index (κ3) is 2.36. The van der Waals surface area contributed by atoms with Crippen LogP contribution in [0.3, 0.4) is 0 Å². The molecule has 0 saturated heterocycles. The highest BCUT2D eigenvalue weighted by Gasteiger charge is 2.35. The van der Waals surface area contributed by atoms with E-state index in [-0.39, 0.29) is 0 Å². The van der Waals surface area contributed by atoms with E-state index in [0.29, 0.717) is 6.07 Å². The van der Waals surface area contributed by atoms with Gasteiger partial charge in [-0.05, 0) is 0 Å². The molecule has 5 nitrogen and oxygen atoms in total. The van der Waals surface area contributed by atoms with E-state index in [1.54, 1.807) is 5.32 Å². The molecule has 1 rings (SSSR count). The molecule has 1 heterocycles. The lowest BCUT2D eigenvalue weighted by atomic mass is 10.4. The van der Waals surface area contributed by atoms with Crippen LogP contribution in [0.5, 0.6) is 0 Å². The summed E-state index contributed by atoms with van der Waals surface area (Å²) in [5.74, 6) is -0.445. The number of hydrogen-bond donors (Lipinski definition) is 2. The van der Waals surface area contributed by atoms with Crippen LogP contribution in [0, 0.1) is 0 Å². The molecule has 72 valence electrons. The molecule has 0 aliphatic rings. The lowest BCUT2D eigenvalue weighted by molar-refractivity contribution is -0.142. The van der Waals surface area contributed by atoms with Gasteiger partial charge >= 0.3 is 12.2 Å². The van der Waals surface area contributed by atoms with Gasteiger partial charge in [-0.25, -0.2) is 4.79 Å². The molecule has 0 radical (unpaired) electrons. The number of anilines is 1. The van der Waals surface area contributed by atoms with E-state index >= 15 is 0 Å². The molecule has 13 heavy (non-hydrogen) atoms. The van der Waals surface area contributed by atoms with Crippen molar-refractivity contribution in [1.29, 1.82) is 0 Å². The summed E-state index contributed by atoms with van der Waals surface area (Å²) in [6.45, 7) is 0. The second-order valence-electron chi connectivity index (χ2n) is 2.06. The maximum absolute atomic E-state index is 11.9. The van der Waals surface area contributed by atoms with Gasteiger partial charge in [0.15, 0.2) is 5.69 Å². The van der Waals surface area contributed by atoms with Crippen molar-refractivity contribution in [3.05, 3.63) is 11.8 Å². The summed E-state index contributed by atoms with van der Waals surface area (Å²) < 4.78 is 39.7. The Kier molecular flexibility index (Phi) is 2.13. The Morgan fingerprint density at radius 3 is 2.62 bits per heavy atom. The molecule has 1 aromatic heterocycles. The topological polar surface area (TPSA) is 81.2 Å². The number of aromatic nitrogens is 1. The van der Waals surface area contributed by atoms with Crippen LogP contribution in [0.1, 0.15) is 5.69 Å². The Bertz CT molecular complexity index is 319. The Labute approximate surface area is 69.7 Å². The van der Waals surface area contributed by atoms with Crippen molar-refractivity contribution in [3.8, 4) is 0 Å². The number of amides is 2. The van der Waals surface area contributed by atoms with Crippen molar-refractivity contribution in [2.75, 3.05) is 5.32 Å². The molecule has 0 bridgehead atoms. The summed E-state index contributed by atoms with van der Waals surface area (Å²) >= 11 is 0. The van der Waals surface area contributed by atoms with E-state index in [1.165, 1.54) is 0 Å². The van der Waals surface area contributed by atoms with Crippen LogP contribution in [0.15, 0.2) is 10.6 Å². The molecule has 0 atom stereocenters. The fraction of sp³-hybridized carbons (Fsp3) is 0.200. The van der Waals surface area contributed by atoms with Crippen LogP contribution in [0.25, 0.3) is 0 Å². The molecule has 0 fully saturated rings. The molecule has 0 aliphatic carbocycles. The van der Waals surface area contributed by atoms with E-state index in [1.807, 2.05) is 0 Å². The van der Waals surface area contributed by atoms with E-state index in [2.05, 4.69) is 15.4 Å². The molecule has 0 aliphatic heterocycles. The number of nitrogens with two attached hydrogens (primary N) is 1. The van der Waals surface area contributed by atoms with Crippen molar-refractivity contribution >= 4 is 11.9 Å². The Hall–Kier alpha value is -1.73. The maximum Gasteiger partial charge on any atom is 0.436 e. The minimum Gasteiger partial charge on any atom is -0.351 e. The van der Waals surface area contributed by atoms with Crippen LogP contribution in [0.2, 0.25) is 0 Å². The number of nitrogens with one attached hydrogen (secondary N) is 1. The molecule has 0 spiro atoms. The van der Waals surface area contributed by atoms with Gasteiger partial charge in [0.2, 0.25) is 5.88 Å². The number of halogens is 3. The van der Waals surface area contributed by atoms with Gasteiger partial charge in [0.05, 0.1) is 0 Å². The summed E-state index contributed by atoms with van der Waals surface area (Å²) in [5, 5.41) is 4.48. The third-order valence-corrected chi connectivity index (χ3v) is 1.05. The van der Waals surface area contributed by atoms with Crippen LogP contribution in [-0.4, -0.2) is 11.2 Å². The second-order valence-corrected chi connectivity index (χ2v) is 2.06. The van der Waals surface area contributed by atoms with Crippen molar-refractivity contribution in [2.45, 2.75) is 6.18 Å². The highest BCUT2D eigenvalue weighted by molar-refractivity contribution is 5.86. The first kappa shape index (κ1) is 9.36. The molecule has 0 aromatic carbocycles. The molecular formula is C5H4F3N3O2. The third-order valence-electron chi connectivity index (χ3n) is 1.05. The summed E-state index contributed by atoms with van der Waals surface area (Å²) in [6, 6.07) is -0.491. The zero-order chi connectivity index (χ0) is 10.1. The van der Waals surface area contributed by atoms with E-state index < -0.39 is 23.8 Å². The van der Waals surface area contributed by atoms with E-state index in [9.17, 15) is 18.0 Å². The lowest BCUT2D eigenvalue weighted by Crippen LogP contribution is -2.18. The molecule has 0 unspecified atom stereocenters. The van der Waals surface area contributed by atoms with E-state index in [4.69, 9.17) is 0 Å². The number of nitrogens with zero attached hydrogens (tertiary/aromatic N) is 1. The fourth-order valence-corrected chi connectivity index (χ4v) is 0.589. The zero-order valence-electron chi connectivity index (χ0n) is 6.05. The summed E-state index contributed by atoms with van der Waals surface area (Å²) in [6.07, 6.45) is -4.60. The number of alkyl halides is 3. The Balaban J connectivity index is 2.81. The zero-order valence-corrected chi connectivity index (χ0v) is 6.05. The largest absolute Gasteiger partial charge is 0.436 e. The van der Waals surface area contributed by atoms with Crippen molar-refractivity contribution < 1.29 is 22.5 Å². The Morgan fingerprint density at radius 2 is 2.23 bits per heavy atom. The van der Waals surface area contributed by atoms with Crippen molar-refractivity contribution in [3.63, 3.8) is 0 Å². The monoisotopic (exact) mass is 195 g/mol. The minimum atomic E-state index is -4.60. The van der Waals surface area contributed by atoms with Crippen LogP contribution >= 0.6 is 0 Å². The number of rotatable bonds is 1. The maximum atomic E-state index is 11.9. The standard InChI is InChI=1S/C5H4F3N3O2/c6-5(7,8)2-1-3(13-11-2)10-4(9)12/h1H,(H3,9,10,12). The van der Waals surface area contributed by atoms with Gasteiger partial charge in [-0.3, -0.25) is 5.32 Å². The molecular weight excluding hydrogens is 191 g/mol. The summed E-state index contributed by atoms with van der Waals surface area (Å²) in [7, 11) is 0. The SMILES string of the molecule is NC(=O)Nc1cc(C(F)(F)F)no1. The first-order valence-corrected chi connectivity index (χ1v) is 3.00. The normalized spacial score (nSPS) is 11.3. The van der Waals surface area contributed by atoms with Gasteiger partial charge < -0.3 is 10.3 Å². The van der Waals surface area contributed by atoms with Crippen LogP contribution < -0.4 is 11.1 Å². The first-order valence-electron chi connectivity index (χ1n) is 3.00. The summed E-state index contributed by atoms with van der Waals surface area (Å²) in [5.41, 5.74) is 3.40. The quantitative estimate of drug-likeness (QED) is 0.705. The smallest absolute Gasteiger partial charge is 0.351 e.